The van der Waals surface area contributed by atoms with Crippen molar-refractivity contribution in [3.8, 4) is 5.75 Å². The molecule has 0 fully saturated rings. The van der Waals surface area contributed by atoms with Gasteiger partial charge in [-0.05, 0) is 36.4 Å². The van der Waals surface area contributed by atoms with Gasteiger partial charge in [0.25, 0.3) is 11.8 Å². The van der Waals surface area contributed by atoms with E-state index in [2.05, 4.69) is 0 Å². The molecule has 1 heterocycles. The van der Waals surface area contributed by atoms with Crippen LogP contribution in [0.25, 0.3) is 0 Å². The van der Waals surface area contributed by atoms with Gasteiger partial charge in [0.15, 0.2) is 6.67 Å². The average molecular weight is 311 g/mol. The first-order valence-corrected chi connectivity index (χ1v) is 7.49. The molecule has 118 valence electrons. The van der Waals surface area contributed by atoms with E-state index in [1.807, 2.05) is 31.3 Å². The smallest absolute Gasteiger partial charge is 0.265 e. The van der Waals surface area contributed by atoms with Crippen LogP contribution >= 0.6 is 0 Å². The Morgan fingerprint density at radius 1 is 0.957 bits per heavy atom. The molecule has 1 atom stereocenters. The molecule has 1 N–H and O–H groups in total. The number of fused-ring (bicyclic) bond motifs is 1. The summed E-state index contributed by atoms with van der Waals surface area (Å²) in [6.07, 6.45) is 0. The highest BCUT2D eigenvalue weighted by atomic mass is 16.5. The van der Waals surface area contributed by atoms with Crippen LogP contribution < -0.4 is 9.64 Å². The Hall–Kier alpha value is -2.66. The molecule has 2 amide bonds. The van der Waals surface area contributed by atoms with E-state index < -0.39 is 0 Å². The number of carbonyl (C=O) groups excluding carboxylic acids is 2. The number of hydrogen-bond donors (Lipinski definition) is 1. The lowest BCUT2D eigenvalue weighted by atomic mass is 10.1. The zero-order valence-electron chi connectivity index (χ0n) is 13.2. The molecule has 0 aromatic heterocycles. The summed E-state index contributed by atoms with van der Waals surface area (Å²) in [6, 6.07) is 14.8. The van der Waals surface area contributed by atoms with Crippen molar-refractivity contribution in [2.24, 2.45) is 0 Å². The molecule has 0 bridgehead atoms. The molecule has 1 unspecified atom stereocenters. The molecule has 0 spiro atoms. The van der Waals surface area contributed by atoms with Crippen LogP contribution in [0.2, 0.25) is 0 Å². The lowest BCUT2D eigenvalue weighted by molar-refractivity contribution is -0.901. The molecule has 23 heavy (non-hydrogen) atoms. The summed E-state index contributed by atoms with van der Waals surface area (Å²) in [6.45, 7) is 1.07. The third-order valence-corrected chi connectivity index (χ3v) is 3.97. The quantitative estimate of drug-likeness (QED) is 0.837. The molecule has 3 rings (SSSR count). The summed E-state index contributed by atoms with van der Waals surface area (Å²) in [7, 11) is 3.60. The molecule has 2 aromatic rings. The molecule has 1 aliphatic rings. The summed E-state index contributed by atoms with van der Waals surface area (Å²) >= 11 is 0. The van der Waals surface area contributed by atoms with Crippen LogP contribution in [0.1, 0.15) is 26.3 Å². The minimum absolute atomic E-state index is 0.209. The summed E-state index contributed by atoms with van der Waals surface area (Å²) in [5, 5.41) is 0. The number of imide groups is 1. The van der Waals surface area contributed by atoms with Crippen molar-refractivity contribution in [2.75, 3.05) is 20.8 Å². The first-order chi connectivity index (χ1) is 11.1. The Morgan fingerprint density at radius 3 is 2.04 bits per heavy atom. The first kappa shape index (κ1) is 15.2. The second-order valence-electron chi connectivity index (χ2n) is 5.72. The summed E-state index contributed by atoms with van der Waals surface area (Å²) < 4.78 is 5.14. The van der Waals surface area contributed by atoms with Gasteiger partial charge in [0.2, 0.25) is 0 Å². The third-order valence-electron chi connectivity index (χ3n) is 3.97. The molecular formula is C18H19N2O3+. The Morgan fingerprint density at radius 2 is 1.52 bits per heavy atom. The molecule has 5 heteroatoms. The van der Waals surface area contributed by atoms with Gasteiger partial charge in [-0.3, -0.25) is 9.59 Å². The molecule has 0 saturated carbocycles. The molecule has 1 aliphatic heterocycles. The maximum Gasteiger partial charge on any atom is 0.265 e. The highest BCUT2D eigenvalue weighted by Crippen LogP contribution is 2.21. The summed E-state index contributed by atoms with van der Waals surface area (Å²) in [4.78, 5) is 27.1. The number of hydrogen-bond acceptors (Lipinski definition) is 3. The third kappa shape index (κ3) is 2.96. The van der Waals surface area contributed by atoms with Gasteiger partial charge in [0.1, 0.15) is 12.3 Å². The van der Waals surface area contributed by atoms with E-state index >= 15 is 0 Å². The Labute approximate surface area is 135 Å². The van der Waals surface area contributed by atoms with E-state index in [0.29, 0.717) is 17.8 Å². The van der Waals surface area contributed by atoms with Gasteiger partial charge in [-0.15, -0.1) is 0 Å². The first-order valence-electron chi connectivity index (χ1n) is 7.49. The van der Waals surface area contributed by atoms with Crippen LogP contribution in [0.5, 0.6) is 5.75 Å². The van der Waals surface area contributed by atoms with E-state index in [0.717, 1.165) is 22.8 Å². The largest absolute Gasteiger partial charge is 0.497 e. The number of nitrogens with zero attached hydrogens (tertiary/aromatic N) is 1. The average Bonchev–Trinajstić information content (AvgIpc) is 2.81. The second kappa shape index (κ2) is 6.22. The predicted octanol–water partition coefficient (Wildman–Crippen LogP) is 0.964. The fourth-order valence-electron chi connectivity index (χ4n) is 2.80. The number of benzene rings is 2. The van der Waals surface area contributed by atoms with Crippen molar-refractivity contribution in [1.82, 2.24) is 4.90 Å². The van der Waals surface area contributed by atoms with Gasteiger partial charge in [-0.2, -0.15) is 0 Å². The Bertz CT molecular complexity index is 705. The van der Waals surface area contributed by atoms with Crippen LogP contribution in [0.4, 0.5) is 0 Å². The van der Waals surface area contributed by atoms with Crippen molar-refractivity contribution < 1.29 is 19.2 Å². The molecule has 0 saturated heterocycles. The van der Waals surface area contributed by atoms with E-state index in [-0.39, 0.29) is 11.8 Å². The number of carbonyl (C=O) groups is 2. The maximum absolute atomic E-state index is 12.4. The molecular weight excluding hydrogens is 292 g/mol. The van der Waals surface area contributed by atoms with Gasteiger partial charge < -0.3 is 9.64 Å². The zero-order valence-corrected chi connectivity index (χ0v) is 13.2. The van der Waals surface area contributed by atoms with Crippen molar-refractivity contribution >= 4 is 11.8 Å². The number of amides is 2. The van der Waals surface area contributed by atoms with Crippen LogP contribution in [-0.4, -0.2) is 37.5 Å². The molecule has 5 nitrogen and oxygen atoms in total. The maximum atomic E-state index is 12.4. The highest BCUT2D eigenvalue weighted by Gasteiger charge is 2.36. The van der Waals surface area contributed by atoms with Crippen molar-refractivity contribution in [2.45, 2.75) is 6.54 Å². The number of rotatable bonds is 5. The molecule has 0 radical (unpaired) electrons. The van der Waals surface area contributed by atoms with Gasteiger partial charge in [0.05, 0.1) is 25.3 Å². The monoisotopic (exact) mass is 311 g/mol. The second-order valence-corrected chi connectivity index (χ2v) is 5.72. The van der Waals surface area contributed by atoms with Gasteiger partial charge >= 0.3 is 0 Å². The van der Waals surface area contributed by atoms with E-state index in [4.69, 9.17) is 4.74 Å². The van der Waals surface area contributed by atoms with Gasteiger partial charge in [-0.25, -0.2) is 4.90 Å². The number of quaternary nitrogens is 1. The van der Waals surface area contributed by atoms with Crippen molar-refractivity contribution in [3.05, 3.63) is 65.2 Å². The summed E-state index contributed by atoms with van der Waals surface area (Å²) in [5.74, 6) is 0.395. The normalized spacial score (nSPS) is 14.8. The Kier molecular flexibility index (Phi) is 4.12. The van der Waals surface area contributed by atoms with Crippen molar-refractivity contribution in [3.63, 3.8) is 0 Å². The molecule has 0 aliphatic carbocycles. The standard InChI is InChI=1S/C18H18N2O3/c1-19(11-13-7-9-14(23-2)10-8-13)12-20-17(21)15-5-3-4-6-16(15)18(20)22/h3-10H,11-12H2,1-2H3/p+1. The number of nitrogens with one attached hydrogen (secondary N) is 1. The number of methoxy groups -OCH3 is 1. The van der Waals surface area contributed by atoms with E-state index in [1.54, 1.807) is 31.4 Å². The van der Waals surface area contributed by atoms with Crippen LogP contribution in [0.15, 0.2) is 48.5 Å². The number of ether oxygens (including phenoxy) is 1. The topological polar surface area (TPSA) is 51.1 Å². The zero-order chi connectivity index (χ0) is 16.4. The highest BCUT2D eigenvalue weighted by molar-refractivity contribution is 6.21. The SMILES string of the molecule is COc1ccc(C[NH+](C)CN2C(=O)c3ccccc3C2=O)cc1. The lowest BCUT2D eigenvalue weighted by Gasteiger charge is -2.20. The molecule has 2 aromatic carbocycles. The minimum atomic E-state index is -0.209. The van der Waals surface area contributed by atoms with E-state index in [9.17, 15) is 9.59 Å². The fourth-order valence-corrected chi connectivity index (χ4v) is 2.80. The van der Waals surface area contributed by atoms with E-state index in [1.165, 1.54) is 4.90 Å². The Balaban J connectivity index is 1.67. The van der Waals surface area contributed by atoms with Gasteiger partial charge in [-0.1, -0.05) is 12.1 Å². The fraction of sp³-hybridized carbons (Fsp3) is 0.222. The predicted molar refractivity (Wildman–Crippen MR) is 85.4 cm³/mol. The van der Waals surface area contributed by atoms with Crippen LogP contribution in [0.3, 0.4) is 0 Å². The van der Waals surface area contributed by atoms with Crippen molar-refractivity contribution in [1.29, 1.82) is 0 Å². The minimum Gasteiger partial charge on any atom is -0.497 e. The summed E-state index contributed by atoms with van der Waals surface area (Å²) in [5.41, 5.74) is 2.12. The van der Waals surface area contributed by atoms with Crippen LogP contribution in [-0.2, 0) is 6.54 Å². The van der Waals surface area contributed by atoms with Gasteiger partial charge in [0, 0.05) is 5.56 Å². The van der Waals surface area contributed by atoms with Crippen LogP contribution in [0, 0.1) is 0 Å². The lowest BCUT2D eigenvalue weighted by Crippen LogP contribution is -3.09.